The number of alkyl halides is 1. The molecule has 1 aliphatic carbocycles. The molecule has 1 atom stereocenters. The number of amides is 1. The molecule has 0 bridgehead atoms. The molecule has 3 heteroatoms. The third-order valence-corrected chi connectivity index (χ3v) is 2.41. The van der Waals surface area contributed by atoms with Gasteiger partial charge in [0.2, 0.25) is 5.91 Å². The third kappa shape index (κ3) is 3.10. The highest BCUT2D eigenvalue weighted by Gasteiger charge is 2.27. The van der Waals surface area contributed by atoms with E-state index in [1.165, 1.54) is 12.8 Å². The van der Waals surface area contributed by atoms with Crippen molar-refractivity contribution in [1.29, 1.82) is 0 Å². The molecule has 1 N–H and O–H groups in total. The van der Waals surface area contributed by atoms with Gasteiger partial charge in [0.05, 0.1) is 0 Å². The monoisotopic (exact) mass is 175 g/mol. The van der Waals surface area contributed by atoms with E-state index in [0.29, 0.717) is 5.92 Å². The lowest BCUT2D eigenvalue weighted by molar-refractivity contribution is -0.118. The average molecular weight is 176 g/mol. The van der Waals surface area contributed by atoms with Gasteiger partial charge in [-0.3, -0.25) is 4.79 Å². The first-order chi connectivity index (χ1) is 5.24. The van der Waals surface area contributed by atoms with Gasteiger partial charge in [0.1, 0.15) is 5.88 Å². The second-order valence-electron chi connectivity index (χ2n) is 3.25. The molecule has 0 aromatic carbocycles. The lowest BCUT2D eigenvalue weighted by Gasteiger charge is -2.09. The van der Waals surface area contributed by atoms with E-state index in [2.05, 4.69) is 12.2 Å². The Balaban J connectivity index is 2.05. The lowest BCUT2D eigenvalue weighted by Crippen LogP contribution is -2.29. The molecule has 0 aromatic heterocycles. The first-order valence-electron chi connectivity index (χ1n) is 4.06. The smallest absolute Gasteiger partial charge is 0.234 e. The van der Waals surface area contributed by atoms with Crippen LogP contribution in [0.2, 0.25) is 0 Å². The van der Waals surface area contributed by atoms with Crippen LogP contribution in [-0.4, -0.2) is 18.3 Å². The second kappa shape index (κ2) is 3.96. The Morgan fingerprint density at radius 3 is 2.82 bits per heavy atom. The molecule has 0 heterocycles. The number of hydrogen-bond acceptors (Lipinski definition) is 1. The van der Waals surface area contributed by atoms with Gasteiger partial charge in [0.15, 0.2) is 0 Å². The highest BCUT2D eigenvalue weighted by atomic mass is 35.5. The van der Waals surface area contributed by atoms with Crippen LogP contribution in [0.3, 0.4) is 0 Å². The summed E-state index contributed by atoms with van der Waals surface area (Å²) in [5, 5.41) is 2.78. The van der Waals surface area contributed by atoms with Gasteiger partial charge in [0.25, 0.3) is 0 Å². The van der Waals surface area contributed by atoms with Gasteiger partial charge < -0.3 is 5.32 Å². The number of carbonyl (C=O) groups excluding carboxylic acids is 1. The highest BCUT2D eigenvalue weighted by Crippen LogP contribution is 2.35. The molecule has 1 saturated carbocycles. The molecule has 0 aliphatic heterocycles. The maximum atomic E-state index is 10.7. The summed E-state index contributed by atoms with van der Waals surface area (Å²) in [6.45, 7) is 2.96. The molecule has 1 rings (SSSR count). The van der Waals surface area contributed by atoms with Crippen molar-refractivity contribution in [2.75, 3.05) is 12.4 Å². The van der Waals surface area contributed by atoms with Crippen LogP contribution < -0.4 is 5.32 Å². The van der Waals surface area contributed by atoms with E-state index < -0.39 is 0 Å². The molecule has 0 spiro atoms. The minimum Gasteiger partial charge on any atom is -0.355 e. The van der Waals surface area contributed by atoms with Crippen LogP contribution in [-0.2, 0) is 4.79 Å². The van der Waals surface area contributed by atoms with Gasteiger partial charge in [-0.2, -0.15) is 0 Å². The van der Waals surface area contributed by atoms with Crippen LogP contribution in [0, 0.1) is 11.8 Å². The van der Waals surface area contributed by atoms with Crippen LogP contribution in [0.15, 0.2) is 0 Å². The van der Waals surface area contributed by atoms with E-state index in [4.69, 9.17) is 11.6 Å². The first-order valence-corrected chi connectivity index (χ1v) is 4.60. The van der Waals surface area contributed by atoms with E-state index in [9.17, 15) is 4.79 Å². The summed E-state index contributed by atoms with van der Waals surface area (Å²) < 4.78 is 0. The first kappa shape index (κ1) is 8.85. The summed E-state index contributed by atoms with van der Waals surface area (Å²) >= 11 is 5.32. The van der Waals surface area contributed by atoms with Crippen molar-refractivity contribution in [3.05, 3.63) is 0 Å². The molecule has 1 amide bonds. The van der Waals surface area contributed by atoms with Crippen molar-refractivity contribution in [2.45, 2.75) is 19.8 Å². The summed E-state index contributed by atoms with van der Waals surface area (Å²) in [5.41, 5.74) is 0. The average Bonchev–Trinajstić information content (AvgIpc) is 2.81. The van der Waals surface area contributed by atoms with E-state index in [0.717, 1.165) is 12.5 Å². The maximum absolute atomic E-state index is 10.7. The molecular formula is C8H14ClNO. The summed E-state index contributed by atoms with van der Waals surface area (Å²) in [4.78, 5) is 10.7. The fraction of sp³-hybridized carbons (Fsp3) is 0.875. The Morgan fingerprint density at radius 1 is 1.73 bits per heavy atom. The molecule has 64 valence electrons. The minimum atomic E-state index is -0.0563. The summed E-state index contributed by atoms with van der Waals surface area (Å²) in [6.07, 6.45) is 2.66. The molecule has 2 nitrogen and oxygen atoms in total. The van der Waals surface area contributed by atoms with E-state index in [1.54, 1.807) is 0 Å². The normalized spacial score (nSPS) is 19.5. The minimum absolute atomic E-state index is 0.0563. The Bertz CT molecular complexity index is 145. The van der Waals surface area contributed by atoms with Crippen molar-refractivity contribution >= 4 is 17.5 Å². The SMILES string of the molecule is CC(CNC(=O)CCl)C1CC1. The van der Waals surface area contributed by atoms with Crippen LogP contribution in [0.5, 0.6) is 0 Å². The van der Waals surface area contributed by atoms with Crippen molar-refractivity contribution in [1.82, 2.24) is 5.32 Å². The van der Waals surface area contributed by atoms with Gasteiger partial charge in [-0.15, -0.1) is 11.6 Å². The molecule has 0 saturated heterocycles. The van der Waals surface area contributed by atoms with Crippen molar-refractivity contribution in [2.24, 2.45) is 11.8 Å². The van der Waals surface area contributed by atoms with Gasteiger partial charge in [-0.05, 0) is 24.7 Å². The summed E-state index contributed by atoms with van der Waals surface area (Å²) in [7, 11) is 0. The Hall–Kier alpha value is -0.240. The predicted octanol–water partition coefficient (Wildman–Crippen LogP) is 1.39. The van der Waals surface area contributed by atoms with Crippen LogP contribution >= 0.6 is 11.6 Å². The maximum Gasteiger partial charge on any atom is 0.234 e. The molecular weight excluding hydrogens is 162 g/mol. The van der Waals surface area contributed by atoms with Gasteiger partial charge in [0, 0.05) is 6.54 Å². The number of rotatable bonds is 4. The Kier molecular flexibility index (Phi) is 3.18. The molecule has 11 heavy (non-hydrogen) atoms. The standard InChI is InChI=1S/C8H14ClNO/c1-6(7-2-3-7)5-10-8(11)4-9/h6-7H,2-5H2,1H3,(H,10,11). The largest absolute Gasteiger partial charge is 0.355 e. The lowest BCUT2D eigenvalue weighted by atomic mass is 10.1. The van der Waals surface area contributed by atoms with Gasteiger partial charge in [-0.25, -0.2) is 0 Å². The third-order valence-electron chi connectivity index (χ3n) is 2.17. The van der Waals surface area contributed by atoms with Crippen LogP contribution in [0.25, 0.3) is 0 Å². The second-order valence-corrected chi connectivity index (χ2v) is 3.52. The van der Waals surface area contributed by atoms with Crippen molar-refractivity contribution in [3.8, 4) is 0 Å². The Labute approximate surface area is 72.3 Å². The van der Waals surface area contributed by atoms with E-state index >= 15 is 0 Å². The zero-order chi connectivity index (χ0) is 8.27. The number of carbonyl (C=O) groups is 1. The molecule has 1 unspecified atom stereocenters. The number of halogens is 1. The zero-order valence-electron chi connectivity index (χ0n) is 6.77. The number of hydrogen-bond donors (Lipinski definition) is 1. The number of nitrogens with one attached hydrogen (secondary N) is 1. The predicted molar refractivity (Wildman–Crippen MR) is 45.6 cm³/mol. The fourth-order valence-electron chi connectivity index (χ4n) is 1.15. The van der Waals surface area contributed by atoms with Crippen molar-refractivity contribution in [3.63, 3.8) is 0 Å². The fourth-order valence-corrected chi connectivity index (χ4v) is 1.25. The molecule has 1 fully saturated rings. The van der Waals surface area contributed by atoms with Gasteiger partial charge in [-0.1, -0.05) is 6.92 Å². The summed E-state index contributed by atoms with van der Waals surface area (Å²) in [5.74, 6) is 1.50. The van der Waals surface area contributed by atoms with Gasteiger partial charge >= 0.3 is 0 Å². The highest BCUT2D eigenvalue weighted by molar-refractivity contribution is 6.27. The molecule has 0 radical (unpaired) electrons. The van der Waals surface area contributed by atoms with E-state index in [-0.39, 0.29) is 11.8 Å². The van der Waals surface area contributed by atoms with E-state index in [1.807, 2.05) is 0 Å². The van der Waals surface area contributed by atoms with Crippen LogP contribution in [0.4, 0.5) is 0 Å². The zero-order valence-corrected chi connectivity index (χ0v) is 7.53. The topological polar surface area (TPSA) is 29.1 Å². The summed E-state index contributed by atoms with van der Waals surface area (Å²) in [6, 6.07) is 0. The molecule has 1 aliphatic rings. The van der Waals surface area contributed by atoms with Crippen LogP contribution in [0.1, 0.15) is 19.8 Å². The quantitative estimate of drug-likeness (QED) is 0.643. The van der Waals surface area contributed by atoms with Crippen molar-refractivity contribution < 1.29 is 4.79 Å². The molecule has 0 aromatic rings. The Morgan fingerprint density at radius 2 is 2.36 bits per heavy atom.